The molecule has 3 rings (SSSR count). The Kier molecular flexibility index (Phi) is 6.34. The molecule has 2 aromatic rings. The van der Waals surface area contributed by atoms with Gasteiger partial charge in [-0.2, -0.15) is 0 Å². The summed E-state index contributed by atoms with van der Waals surface area (Å²) in [4.78, 5) is 17.6. The molecule has 1 aliphatic rings. The fraction of sp³-hybridized carbons (Fsp3) is 0.412. The van der Waals surface area contributed by atoms with E-state index in [-0.39, 0.29) is 24.9 Å². The SMILES string of the molecule is COCC(N)C(=O)Nc1nc(-c2ccc3c(c2)CCC3)c(C)s1.Cl. The standard InChI is InChI=1S/C17H21N3O2S.ClH/c1-10-15(13-7-6-11-4-3-5-12(11)8-13)19-17(23-10)20-16(21)14(18)9-22-2;/h6-8,14H,3-5,9,18H2,1-2H3,(H,19,20,21);1H. The second kappa shape index (κ2) is 8.07. The van der Waals surface area contributed by atoms with E-state index >= 15 is 0 Å². The predicted octanol–water partition coefficient (Wildman–Crippen LogP) is 2.94. The number of rotatable bonds is 5. The van der Waals surface area contributed by atoms with Crippen LogP contribution in [0, 0.1) is 6.92 Å². The summed E-state index contributed by atoms with van der Waals surface area (Å²) in [5.41, 5.74) is 10.6. The quantitative estimate of drug-likeness (QED) is 0.851. The van der Waals surface area contributed by atoms with Crippen molar-refractivity contribution in [3.8, 4) is 11.3 Å². The number of thiazole rings is 1. The van der Waals surface area contributed by atoms with Gasteiger partial charge >= 0.3 is 0 Å². The van der Waals surface area contributed by atoms with Gasteiger partial charge in [-0.05, 0) is 43.4 Å². The van der Waals surface area contributed by atoms with Crippen LogP contribution in [0.15, 0.2) is 18.2 Å². The molecule has 0 saturated carbocycles. The zero-order valence-corrected chi connectivity index (χ0v) is 15.4. The summed E-state index contributed by atoms with van der Waals surface area (Å²) in [5.74, 6) is -0.277. The number of methoxy groups -OCH3 is 1. The third kappa shape index (κ3) is 3.95. The van der Waals surface area contributed by atoms with E-state index in [1.807, 2.05) is 6.92 Å². The van der Waals surface area contributed by atoms with Crippen LogP contribution in [-0.2, 0) is 22.4 Å². The van der Waals surface area contributed by atoms with Crippen molar-refractivity contribution >= 4 is 34.8 Å². The van der Waals surface area contributed by atoms with Gasteiger partial charge in [0.2, 0.25) is 5.91 Å². The lowest BCUT2D eigenvalue weighted by Gasteiger charge is -2.08. The van der Waals surface area contributed by atoms with E-state index in [1.54, 1.807) is 0 Å². The number of nitrogens with one attached hydrogen (secondary N) is 1. The van der Waals surface area contributed by atoms with Gasteiger partial charge in [0.25, 0.3) is 0 Å². The Labute approximate surface area is 152 Å². The molecule has 24 heavy (non-hydrogen) atoms. The smallest absolute Gasteiger partial charge is 0.245 e. The number of amides is 1. The Hall–Kier alpha value is -1.47. The lowest BCUT2D eigenvalue weighted by molar-refractivity contribution is -0.118. The molecule has 1 amide bonds. The predicted molar refractivity (Wildman–Crippen MR) is 100 cm³/mol. The third-order valence-corrected chi connectivity index (χ3v) is 4.97. The molecule has 0 fully saturated rings. The minimum absolute atomic E-state index is 0. The minimum Gasteiger partial charge on any atom is -0.383 e. The summed E-state index contributed by atoms with van der Waals surface area (Å²) in [5, 5.41) is 3.35. The molecular weight excluding hydrogens is 346 g/mol. The number of aromatic nitrogens is 1. The van der Waals surface area contributed by atoms with E-state index in [2.05, 4.69) is 28.5 Å². The van der Waals surface area contributed by atoms with Crippen molar-refractivity contribution in [2.45, 2.75) is 32.2 Å². The summed E-state index contributed by atoms with van der Waals surface area (Å²) in [6, 6.07) is 5.86. The molecule has 1 aliphatic carbocycles. The van der Waals surface area contributed by atoms with Gasteiger partial charge in [0.1, 0.15) is 6.04 Å². The molecule has 1 aromatic heterocycles. The fourth-order valence-electron chi connectivity index (χ4n) is 2.89. The van der Waals surface area contributed by atoms with Crippen molar-refractivity contribution in [2.75, 3.05) is 19.0 Å². The average molecular weight is 368 g/mol. The number of carbonyl (C=O) groups is 1. The summed E-state index contributed by atoms with van der Waals surface area (Å²) >= 11 is 1.47. The molecule has 130 valence electrons. The number of nitrogens with two attached hydrogens (primary N) is 1. The summed E-state index contributed by atoms with van der Waals surface area (Å²) in [6.07, 6.45) is 3.54. The van der Waals surface area contributed by atoms with Gasteiger partial charge in [0, 0.05) is 17.6 Å². The van der Waals surface area contributed by atoms with Crippen molar-refractivity contribution in [1.82, 2.24) is 4.98 Å². The van der Waals surface area contributed by atoms with Gasteiger partial charge in [-0.3, -0.25) is 4.79 Å². The highest BCUT2D eigenvalue weighted by molar-refractivity contribution is 7.16. The first-order valence-corrected chi connectivity index (χ1v) is 8.55. The Balaban J connectivity index is 0.00000208. The molecule has 1 atom stereocenters. The van der Waals surface area contributed by atoms with E-state index in [0.29, 0.717) is 5.13 Å². The molecule has 0 bridgehead atoms. The number of nitrogens with zero attached hydrogens (tertiary/aromatic N) is 1. The maximum absolute atomic E-state index is 12.0. The number of benzene rings is 1. The van der Waals surface area contributed by atoms with Crippen molar-refractivity contribution in [3.63, 3.8) is 0 Å². The van der Waals surface area contributed by atoms with Gasteiger partial charge < -0.3 is 15.8 Å². The second-order valence-electron chi connectivity index (χ2n) is 5.81. The number of hydrogen-bond acceptors (Lipinski definition) is 5. The molecule has 0 aliphatic heterocycles. The molecule has 1 unspecified atom stereocenters. The number of fused-ring (bicyclic) bond motifs is 1. The molecule has 0 saturated heterocycles. The van der Waals surface area contributed by atoms with E-state index in [1.165, 1.54) is 42.4 Å². The van der Waals surface area contributed by atoms with E-state index in [0.717, 1.165) is 22.6 Å². The summed E-state index contributed by atoms with van der Waals surface area (Å²) < 4.78 is 4.90. The third-order valence-electron chi connectivity index (χ3n) is 4.08. The van der Waals surface area contributed by atoms with E-state index in [9.17, 15) is 4.79 Å². The van der Waals surface area contributed by atoms with Gasteiger partial charge in [-0.25, -0.2) is 4.98 Å². The normalized spacial score (nSPS) is 14.0. The Morgan fingerprint density at radius 1 is 1.42 bits per heavy atom. The molecule has 1 aromatic carbocycles. The van der Waals surface area contributed by atoms with Gasteiger partial charge in [-0.15, -0.1) is 23.7 Å². The Morgan fingerprint density at radius 3 is 2.92 bits per heavy atom. The first-order valence-electron chi connectivity index (χ1n) is 7.73. The maximum atomic E-state index is 12.0. The lowest BCUT2D eigenvalue weighted by atomic mass is 10.0. The molecule has 0 spiro atoms. The molecule has 5 nitrogen and oxygen atoms in total. The number of ether oxygens (including phenoxy) is 1. The zero-order chi connectivity index (χ0) is 16.4. The van der Waals surface area contributed by atoms with E-state index in [4.69, 9.17) is 10.5 Å². The number of halogens is 1. The highest BCUT2D eigenvalue weighted by Crippen LogP contribution is 2.33. The van der Waals surface area contributed by atoms with Crippen LogP contribution < -0.4 is 11.1 Å². The highest BCUT2D eigenvalue weighted by Gasteiger charge is 2.18. The van der Waals surface area contributed by atoms with Crippen LogP contribution in [0.2, 0.25) is 0 Å². The van der Waals surface area contributed by atoms with Crippen molar-refractivity contribution < 1.29 is 9.53 Å². The van der Waals surface area contributed by atoms with Crippen LogP contribution >= 0.6 is 23.7 Å². The minimum atomic E-state index is -0.687. The fourth-order valence-corrected chi connectivity index (χ4v) is 3.73. The molecule has 7 heteroatoms. The Morgan fingerprint density at radius 2 is 2.17 bits per heavy atom. The number of anilines is 1. The number of hydrogen-bond donors (Lipinski definition) is 2. The lowest BCUT2D eigenvalue weighted by Crippen LogP contribution is -2.39. The second-order valence-corrected chi connectivity index (χ2v) is 7.02. The summed E-state index contributed by atoms with van der Waals surface area (Å²) in [7, 11) is 1.52. The van der Waals surface area contributed by atoms with Crippen LogP contribution in [0.3, 0.4) is 0 Å². The molecule has 1 heterocycles. The number of aryl methyl sites for hydroxylation is 3. The maximum Gasteiger partial charge on any atom is 0.245 e. The molecule has 3 N–H and O–H groups in total. The topological polar surface area (TPSA) is 77.2 Å². The van der Waals surface area contributed by atoms with Gasteiger partial charge in [0.05, 0.1) is 12.3 Å². The summed E-state index contributed by atoms with van der Waals surface area (Å²) in [6.45, 7) is 2.21. The highest BCUT2D eigenvalue weighted by atomic mass is 35.5. The van der Waals surface area contributed by atoms with Crippen LogP contribution in [0.4, 0.5) is 5.13 Å². The molecule has 0 radical (unpaired) electrons. The van der Waals surface area contributed by atoms with E-state index < -0.39 is 6.04 Å². The largest absolute Gasteiger partial charge is 0.383 e. The van der Waals surface area contributed by atoms with Crippen molar-refractivity contribution in [1.29, 1.82) is 0 Å². The van der Waals surface area contributed by atoms with Crippen molar-refractivity contribution in [3.05, 3.63) is 34.2 Å². The first kappa shape index (κ1) is 18.9. The van der Waals surface area contributed by atoms with Gasteiger partial charge in [-0.1, -0.05) is 12.1 Å². The van der Waals surface area contributed by atoms with Crippen LogP contribution in [0.25, 0.3) is 11.3 Å². The average Bonchev–Trinajstić information content (AvgIpc) is 3.13. The van der Waals surface area contributed by atoms with Gasteiger partial charge in [0.15, 0.2) is 5.13 Å². The zero-order valence-electron chi connectivity index (χ0n) is 13.8. The molecular formula is C17H22ClN3O2S. The first-order chi connectivity index (χ1) is 11.1. The monoisotopic (exact) mass is 367 g/mol. The van der Waals surface area contributed by atoms with Crippen LogP contribution in [0.1, 0.15) is 22.4 Å². The van der Waals surface area contributed by atoms with Crippen LogP contribution in [-0.4, -0.2) is 30.6 Å². The van der Waals surface area contributed by atoms with Crippen LogP contribution in [0.5, 0.6) is 0 Å². The van der Waals surface area contributed by atoms with Crippen molar-refractivity contribution in [2.24, 2.45) is 5.73 Å². The Bertz CT molecular complexity index is 733. The number of carbonyl (C=O) groups excluding carboxylic acids is 1.